The Morgan fingerprint density at radius 1 is 1.09 bits per heavy atom. The van der Waals surface area contributed by atoms with Crippen LogP contribution in [0.25, 0.3) is 5.65 Å². The lowest BCUT2D eigenvalue weighted by atomic mass is 10.1. The van der Waals surface area contributed by atoms with Crippen molar-refractivity contribution in [3.05, 3.63) is 18.6 Å². The number of nitrogens with one attached hydrogen (secondary N) is 3. The molecule has 6 heterocycles. The molecule has 2 aromatic rings. The number of fused-ring (bicyclic) bond motifs is 5. The zero-order valence-electron chi connectivity index (χ0n) is 22.4. The summed E-state index contributed by atoms with van der Waals surface area (Å²) in [6.07, 6.45) is -2.58. The Labute approximate surface area is 247 Å². The number of amidine groups is 1. The van der Waals surface area contributed by atoms with Crippen molar-refractivity contribution < 1.29 is 51.6 Å². The Balaban J connectivity index is 1.12. The van der Waals surface area contributed by atoms with Gasteiger partial charge in [0, 0.05) is 18.0 Å². The predicted octanol–water partition coefficient (Wildman–Crippen LogP) is -1.41. The molecule has 236 valence electrons. The fourth-order valence-electron chi connectivity index (χ4n) is 5.71. The van der Waals surface area contributed by atoms with E-state index in [2.05, 4.69) is 35.7 Å². The van der Waals surface area contributed by atoms with Crippen LogP contribution in [-0.2, 0) is 36.8 Å². The number of aliphatic imine (C=N–C) groups is 2. The second-order valence-electron chi connectivity index (χ2n) is 10.6. The molecule has 0 radical (unpaired) electrons. The topological polar surface area (TPSA) is 277 Å². The van der Waals surface area contributed by atoms with Gasteiger partial charge in [-0.3, -0.25) is 43.5 Å². The van der Waals surface area contributed by atoms with Crippen molar-refractivity contribution in [1.29, 1.82) is 5.41 Å². The van der Waals surface area contributed by atoms with Crippen LogP contribution in [-0.4, -0.2) is 119 Å². The summed E-state index contributed by atoms with van der Waals surface area (Å²) in [6.45, 7) is -1.12. The van der Waals surface area contributed by atoms with Gasteiger partial charge < -0.3 is 24.9 Å². The standard InChI is InChI=1S/C21H26N10O11P2/c22-20-28-17-14(18(33)29-20)25-8-30(17)19-16-15(32)12(40-19)6-39-43(34,35)41-11-4-10(3-9(11)5-38-44(36,37)42-16)27-21-24-7-23-13-1-2-26-31(13)21/h1-2,7-12,14-16,19,32H,3-6H2,(H,34,35)(H,36,37)(H2,22,29,33)(H,23,24,27)/t9-,10-,11+,12-,14?,15-,16-,19-/m1/s1. The lowest BCUT2D eigenvalue weighted by molar-refractivity contribution is -0.119. The molecule has 44 heavy (non-hydrogen) atoms. The van der Waals surface area contributed by atoms with E-state index in [4.69, 9.17) is 28.2 Å². The summed E-state index contributed by atoms with van der Waals surface area (Å²) in [6, 6.07) is 0.162. The number of aromatic nitrogens is 4. The first-order chi connectivity index (χ1) is 21.0. The van der Waals surface area contributed by atoms with Crippen LogP contribution in [0.2, 0.25) is 0 Å². The normalized spacial score (nSPS) is 40.9. The van der Waals surface area contributed by atoms with Crippen LogP contribution in [0.1, 0.15) is 12.8 Å². The second kappa shape index (κ2) is 11.0. The van der Waals surface area contributed by atoms with Crippen LogP contribution in [0.4, 0.5) is 5.95 Å². The SMILES string of the molecule is N=C1N=C2C(N=CN2[C@@H]2O[C@@H]3COP(=O)(O)O[C@H]4C[C@H](Nc5ncnc6ccnn56)C[C@@H]4COP(=O)(O)O[C@@H]2[C@@H]3O)C(=O)N1. The number of anilines is 1. The Morgan fingerprint density at radius 3 is 2.73 bits per heavy atom. The van der Waals surface area contributed by atoms with Gasteiger partial charge >= 0.3 is 15.6 Å². The molecule has 1 aliphatic carbocycles. The number of nitrogens with zero attached hydrogens (tertiary/aromatic N) is 7. The molecule has 1 amide bonds. The van der Waals surface area contributed by atoms with E-state index >= 15 is 0 Å². The molecular weight excluding hydrogens is 630 g/mol. The average molecular weight is 656 g/mol. The van der Waals surface area contributed by atoms with Gasteiger partial charge in [0.1, 0.15) is 24.6 Å². The molecule has 5 aliphatic rings. The van der Waals surface area contributed by atoms with Crippen LogP contribution >= 0.6 is 15.6 Å². The van der Waals surface area contributed by atoms with Gasteiger partial charge in [0.15, 0.2) is 23.8 Å². The molecule has 7 rings (SSSR count). The monoisotopic (exact) mass is 656 g/mol. The third-order valence-corrected chi connectivity index (χ3v) is 9.68. The predicted molar refractivity (Wildman–Crippen MR) is 144 cm³/mol. The first kappa shape index (κ1) is 29.5. The molecular formula is C21H26N10O11P2. The quantitative estimate of drug-likeness (QED) is 0.207. The van der Waals surface area contributed by atoms with Gasteiger partial charge in [-0.1, -0.05) is 0 Å². The molecule has 10 atom stereocenters. The van der Waals surface area contributed by atoms with E-state index in [1.807, 2.05) is 0 Å². The maximum absolute atomic E-state index is 13.2. The van der Waals surface area contributed by atoms with Gasteiger partial charge in [-0.05, 0) is 12.8 Å². The van der Waals surface area contributed by atoms with Crippen LogP contribution in [0.5, 0.6) is 0 Å². The highest BCUT2D eigenvalue weighted by atomic mass is 31.2. The van der Waals surface area contributed by atoms with Crippen LogP contribution in [0.3, 0.4) is 0 Å². The van der Waals surface area contributed by atoms with E-state index in [9.17, 15) is 28.8 Å². The summed E-state index contributed by atoms with van der Waals surface area (Å²) in [7, 11) is -9.69. The van der Waals surface area contributed by atoms with Gasteiger partial charge in [0.05, 0.1) is 31.9 Å². The molecule has 0 aromatic carbocycles. The van der Waals surface area contributed by atoms with Crippen molar-refractivity contribution in [2.45, 2.75) is 55.6 Å². The number of hydrogen-bond donors (Lipinski definition) is 6. The van der Waals surface area contributed by atoms with E-state index in [1.54, 1.807) is 12.3 Å². The lowest BCUT2D eigenvalue weighted by Crippen LogP contribution is -2.53. The lowest BCUT2D eigenvalue weighted by Gasteiger charge is -2.31. The van der Waals surface area contributed by atoms with E-state index in [0.717, 1.165) is 6.34 Å². The zero-order chi connectivity index (χ0) is 30.8. The first-order valence-corrected chi connectivity index (χ1v) is 16.3. The van der Waals surface area contributed by atoms with Crippen LogP contribution in [0, 0.1) is 11.3 Å². The van der Waals surface area contributed by atoms with Crippen molar-refractivity contribution in [3.63, 3.8) is 0 Å². The number of phosphoric ester groups is 2. The van der Waals surface area contributed by atoms with Gasteiger partial charge in [0.25, 0.3) is 5.91 Å². The number of aliphatic hydroxyl groups is 1. The molecule has 3 fully saturated rings. The Hall–Kier alpha value is -3.23. The zero-order valence-corrected chi connectivity index (χ0v) is 24.2. The number of carbonyl (C=O) groups excluding carboxylic acids is 1. The first-order valence-electron chi connectivity index (χ1n) is 13.3. The van der Waals surface area contributed by atoms with Gasteiger partial charge in [-0.15, -0.1) is 0 Å². The number of carbonyl (C=O) groups is 1. The highest BCUT2D eigenvalue weighted by Gasteiger charge is 2.54. The molecule has 3 unspecified atom stereocenters. The largest absolute Gasteiger partial charge is 0.472 e. The smallest absolute Gasteiger partial charge is 0.387 e. The third-order valence-electron chi connectivity index (χ3n) is 7.69. The number of rotatable bonds is 3. The summed E-state index contributed by atoms with van der Waals surface area (Å²) in [5, 5.41) is 28.3. The van der Waals surface area contributed by atoms with Crippen molar-refractivity contribution in [2.75, 3.05) is 18.5 Å². The van der Waals surface area contributed by atoms with E-state index in [-0.39, 0.29) is 24.7 Å². The van der Waals surface area contributed by atoms with E-state index in [1.165, 1.54) is 15.7 Å². The Bertz CT molecular complexity index is 1660. The summed E-state index contributed by atoms with van der Waals surface area (Å²) >= 11 is 0. The summed E-state index contributed by atoms with van der Waals surface area (Å²) in [5.41, 5.74) is 0.541. The molecule has 1 saturated carbocycles. The molecule has 4 aliphatic heterocycles. The molecule has 2 saturated heterocycles. The summed E-state index contributed by atoms with van der Waals surface area (Å²) in [5.74, 6) is -1.49. The van der Waals surface area contributed by atoms with Gasteiger partial charge in [-0.2, -0.15) is 14.6 Å². The number of aliphatic hydroxyl groups excluding tert-OH is 1. The maximum Gasteiger partial charge on any atom is 0.472 e. The fourth-order valence-corrected chi connectivity index (χ4v) is 7.69. The molecule has 23 heteroatoms. The van der Waals surface area contributed by atoms with Crippen molar-refractivity contribution in [2.24, 2.45) is 15.9 Å². The van der Waals surface area contributed by atoms with Crippen molar-refractivity contribution >= 4 is 51.3 Å². The van der Waals surface area contributed by atoms with Gasteiger partial charge in [-0.25, -0.2) is 19.1 Å². The third kappa shape index (κ3) is 5.56. The molecule has 6 N–H and O–H groups in total. The maximum atomic E-state index is 13.2. The molecule has 21 nitrogen and oxygen atoms in total. The molecule has 2 aromatic heterocycles. The Morgan fingerprint density at radius 2 is 1.89 bits per heavy atom. The highest BCUT2D eigenvalue weighted by molar-refractivity contribution is 7.47. The van der Waals surface area contributed by atoms with Crippen molar-refractivity contribution in [1.82, 2.24) is 29.8 Å². The summed E-state index contributed by atoms with van der Waals surface area (Å²) < 4.78 is 54.9. The number of ether oxygens (including phenoxy) is 1. The number of hydrogen-bond acceptors (Lipinski definition) is 16. The minimum absolute atomic E-state index is 0.0551. The number of guanidine groups is 1. The Kier molecular flexibility index (Phi) is 7.36. The molecule has 0 spiro atoms. The number of amides is 1. The van der Waals surface area contributed by atoms with Crippen molar-refractivity contribution in [3.8, 4) is 0 Å². The minimum Gasteiger partial charge on any atom is -0.387 e. The summed E-state index contributed by atoms with van der Waals surface area (Å²) in [4.78, 5) is 51.1. The highest BCUT2D eigenvalue weighted by Crippen LogP contribution is 2.53. The minimum atomic E-state index is -4.92. The fraction of sp³-hybridized carbons (Fsp3) is 0.571. The van der Waals surface area contributed by atoms with E-state index < -0.39 is 83.3 Å². The average Bonchev–Trinajstić information content (AvgIpc) is 3.73. The van der Waals surface area contributed by atoms with Crippen LogP contribution < -0.4 is 10.6 Å². The number of phosphoric acid groups is 2. The van der Waals surface area contributed by atoms with E-state index in [0.29, 0.717) is 11.6 Å². The molecule has 2 bridgehead atoms. The van der Waals surface area contributed by atoms with Crippen LogP contribution in [0.15, 0.2) is 28.6 Å². The second-order valence-corrected chi connectivity index (χ2v) is 13.4. The van der Waals surface area contributed by atoms with Gasteiger partial charge in [0.2, 0.25) is 11.9 Å².